The van der Waals surface area contributed by atoms with Crippen LogP contribution in [0.2, 0.25) is 0 Å². The number of hydrogen-bond acceptors (Lipinski definition) is 5. The first-order valence-electron chi connectivity index (χ1n) is 8.79. The van der Waals surface area contributed by atoms with Crippen molar-refractivity contribution < 1.29 is 19.5 Å². The fraction of sp³-hybridized carbons (Fsp3) is 0.500. The van der Waals surface area contributed by atoms with E-state index in [9.17, 15) is 19.5 Å². The maximum atomic E-state index is 12.6. The monoisotopic (exact) mass is 392 g/mol. The van der Waals surface area contributed by atoms with Crippen molar-refractivity contribution in [2.24, 2.45) is 5.92 Å². The summed E-state index contributed by atoms with van der Waals surface area (Å²) in [4.78, 5) is 39.0. The molecule has 1 unspecified atom stereocenters. The quantitative estimate of drug-likeness (QED) is 0.751. The third-order valence-corrected chi connectivity index (χ3v) is 7.46. The number of carbonyl (C=O) groups excluding carboxylic acids is 2. The zero-order valence-corrected chi connectivity index (χ0v) is 15.8. The highest BCUT2D eigenvalue weighted by atomic mass is 32.2. The Labute approximate surface area is 159 Å². The van der Waals surface area contributed by atoms with Crippen molar-refractivity contribution in [2.45, 2.75) is 43.5 Å². The number of rotatable bonds is 5. The Morgan fingerprint density at radius 2 is 2.08 bits per heavy atom. The standard InChI is InChI=1S/C18H20N2O4S2/c21-13(8-11-6-3-7-25-11)19-14-16(22)20-15(18(23)24)12(9-26-17(14)20)10-4-1-2-5-10/h3,6-7,10,14,17H,1-2,4-5,8-9H2,(H,19,21)(H,23,24)/t14?,17-/m0/s1. The minimum Gasteiger partial charge on any atom is -0.477 e. The molecule has 4 rings (SSSR count). The fourth-order valence-corrected chi connectivity index (χ4v) is 6.19. The molecule has 3 aliphatic rings. The zero-order chi connectivity index (χ0) is 18.3. The molecule has 2 atom stereocenters. The van der Waals surface area contributed by atoms with Gasteiger partial charge < -0.3 is 10.4 Å². The van der Waals surface area contributed by atoms with Crippen molar-refractivity contribution in [1.29, 1.82) is 0 Å². The molecule has 1 aliphatic carbocycles. The maximum Gasteiger partial charge on any atom is 0.352 e. The third-order valence-electron chi connectivity index (χ3n) is 5.28. The first kappa shape index (κ1) is 17.6. The minimum absolute atomic E-state index is 0.161. The molecular weight excluding hydrogens is 372 g/mol. The summed E-state index contributed by atoms with van der Waals surface area (Å²) in [6, 6.07) is 3.13. The van der Waals surface area contributed by atoms with Crippen molar-refractivity contribution in [3.63, 3.8) is 0 Å². The van der Waals surface area contributed by atoms with Crippen LogP contribution >= 0.6 is 23.1 Å². The highest BCUT2D eigenvalue weighted by molar-refractivity contribution is 8.00. The number of nitrogens with one attached hydrogen (secondary N) is 1. The van der Waals surface area contributed by atoms with Crippen LogP contribution in [-0.4, -0.2) is 45.0 Å². The van der Waals surface area contributed by atoms with E-state index in [2.05, 4.69) is 5.32 Å². The van der Waals surface area contributed by atoms with Gasteiger partial charge in [-0.2, -0.15) is 0 Å². The second-order valence-electron chi connectivity index (χ2n) is 6.87. The van der Waals surface area contributed by atoms with Crippen LogP contribution in [0.15, 0.2) is 28.8 Å². The Kier molecular flexibility index (Phi) is 4.79. The lowest BCUT2D eigenvalue weighted by atomic mass is 9.93. The van der Waals surface area contributed by atoms with Crippen LogP contribution < -0.4 is 5.32 Å². The van der Waals surface area contributed by atoms with E-state index in [1.165, 1.54) is 16.2 Å². The van der Waals surface area contributed by atoms with Gasteiger partial charge in [-0.25, -0.2) is 4.79 Å². The SMILES string of the molecule is O=C(Cc1cccs1)NC1C(=O)N2C(C(=O)O)=C(C3CCCC3)CS[C@@H]12. The molecule has 0 radical (unpaired) electrons. The molecular formula is C18H20N2O4S2. The predicted molar refractivity (Wildman–Crippen MR) is 99.7 cm³/mol. The molecule has 0 aromatic carbocycles. The van der Waals surface area contributed by atoms with Crippen LogP contribution in [0, 0.1) is 5.92 Å². The average molecular weight is 393 g/mol. The largest absolute Gasteiger partial charge is 0.477 e. The summed E-state index contributed by atoms with van der Waals surface area (Å²) in [5, 5.41) is 14.1. The first-order chi connectivity index (χ1) is 12.6. The number of nitrogens with zero attached hydrogens (tertiary/aromatic N) is 1. The topological polar surface area (TPSA) is 86.7 Å². The number of carboxylic acids is 1. The Morgan fingerprint density at radius 3 is 2.73 bits per heavy atom. The number of aliphatic carboxylic acids is 1. The van der Waals surface area contributed by atoms with Crippen LogP contribution in [0.1, 0.15) is 30.6 Å². The van der Waals surface area contributed by atoms with Gasteiger partial charge in [0, 0.05) is 10.6 Å². The van der Waals surface area contributed by atoms with E-state index < -0.39 is 12.0 Å². The minimum atomic E-state index is -1.03. The summed E-state index contributed by atoms with van der Waals surface area (Å²) in [7, 11) is 0. The van der Waals surface area contributed by atoms with Gasteiger partial charge in [0.2, 0.25) is 5.91 Å². The molecule has 1 saturated carbocycles. The molecule has 138 valence electrons. The zero-order valence-electron chi connectivity index (χ0n) is 14.1. The summed E-state index contributed by atoms with van der Waals surface area (Å²) in [5.74, 6) is -0.648. The van der Waals surface area contributed by atoms with E-state index in [4.69, 9.17) is 0 Å². The molecule has 1 aromatic heterocycles. The van der Waals surface area contributed by atoms with Crippen molar-refractivity contribution in [1.82, 2.24) is 10.2 Å². The van der Waals surface area contributed by atoms with E-state index in [1.54, 1.807) is 11.8 Å². The van der Waals surface area contributed by atoms with Gasteiger partial charge in [0.05, 0.1) is 6.42 Å². The molecule has 8 heteroatoms. The van der Waals surface area contributed by atoms with Gasteiger partial charge in [-0.1, -0.05) is 18.9 Å². The molecule has 2 aliphatic heterocycles. The second kappa shape index (κ2) is 7.08. The lowest BCUT2D eigenvalue weighted by Crippen LogP contribution is -2.70. The number of thiophene rings is 1. The van der Waals surface area contributed by atoms with Crippen molar-refractivity contribution in [3.05, 3.63) is 33.7 Å². The van der Waals surface area contributed by atoms with Gasteiger partial charge in [-0.05, 0) is 35.8 Å². The highest BCUT2D eigenvalue weighted by Gasteiger charge is 2.54. The molecule has 2 N–H and O–H groups in total. The van der Waals surface area contributed by atoms with Crippen LogP contribution in [0.5, 0.6) is 0 Å². The Bertz CT molecular complexity index is 768. The maximum absolute atomic E-state index is 12.6. The van der Waals surface area contributed by atoms with Crippen LogP contribution in [0.3, 0.4) is 0 Å². The van der Waals surface area contributed by atoms with Crippen LogP contribution in [-0.2, 0) is 20.8 Å². The number of hydrogen-bond donors (Lipinski definition) is 2. The van der Waals surface area contributed by atoms with E-state index in [-0.39, 0.29) is 35.2 Å². The molecule has 3 heterocycles. The van der Waals surface area contributed by atoms with Crippen molar-refractivity contribution >= 4 is 40.9 Å². The summed E-state index contributed by atoms with van der Waals surface area (Å²) in [6.45, 7) is 0. The van der Waals surface area contributed by atoms with E-state index in [1.807, 2.05) is 17.5 Å². The number of thioether (sulfide) groups is 1. The lowest BCUT2D eigenvalue weighted by molar-refractivity contribution is -0.150. The fourth-order valence-electron chi connectivity index (χ4n) is 4.03. The Morgan fingerprint density at radius 1 is 1.31 bits per heavy atom. The van der Waals surface area contributed by atoms with Gasteiger partial charge in [-0.3, -0.25) is 14.5 Å². The molecule has 6 nitrogen and oxygen atoms in total. The van der Waals surface area contributed by atoms with Crippen molar-refractivity contribution in [3.8, 4) is 0 Å². The normalized spacial score (nSPS) is 25.8. The summed E-state index contributed by atoms with van der Waals surface area (Å²) in [6.07, 6.45) is 4.48. The van der Waals surface area contributed by atoms with E-state index >= 15 is 0 Å². The Hall–Kier alpha value is -1.80. The summed E-state index contributed by atoms with van der Waals surface area (Å²) < 4.78 is 0. The Balaban J connectivity index is 1.48. The number of carbonyl (C=O) groups is 3. The van der Waals surface area contributed by atoms with Crippen LogP contribution in [0.25, 0.3) is 0 Å². The number of fused-ring (bicyclic) bond motifs is 1. The third kappa shape index (κ3) is 3.05. The average Bonchev–Trinajstić information content (AvgIpc) is 3.32. The molecule has 0 spiro atoms. The molecule has 26 heavy (non-hydrogen) atoms. The van der Waals surface area contributed by atoms with Crippen molar-refractivity contribution in [2.75, 3.05) is 5.75 Å². The number of amides is 2. The molecule has 0 bridgehead atoms. The van der Waals surface area contributed by atoms with Gasteiger partial charge in [0.25, 0.3) is 5.91 Å². The molecule has 1 aromatic rings. The summed E-state index contributed by atoms with van der Waals surface area (Å²) in [5.41, 5.74) is 1.06. The van der Waals surface area contributed by atoms with E-state index in [0.717, 1.165) is 36.1 Å². The predicted octanol–water partition coefficient (Wildman–Crippen LogP) is 2.22. The van der Waals surface area contributed by atoms with Gasteiger partial charge >= 0.3 is 5.97 Å². The molecule has 2 fully saturated rings. The van der Waals surface area contributed by atoms with Gasteiger partial charge in [0.15, 0.2) is 0 Å². The number of carboxylic acid groups (broad SMARTS) is 1. The number of β-lactam (4-membered cyclic amide) rings is 1. The highest BCUT2D eigenvalue weighted by Crippen LogP contribution is 2.45. The van der Waals surface area contributed by atoms with Gasteiger partial charge in [0.1, 0.15) is 17.1 Å². The molecule has 1 saturated heterocycles. The first-order valence-corrected chi connectivity index (χ1v) is 10.7. The summed E-state index contributed by atoms with van der Waals surface area (Å²) >= 11 is 3.06. The second-order valence-corrected chi connectivity index (χ2v) is 9.01. The molecule has 2 amide bonds. The smallest absolute Gasteiger partial charge is 0.352 e. The van der Waals surface area contributed by atoms with Crippen LogP contribution in [0.4, 0.5) is 0 Å². The lowest BCUT2D eigenvalue weighted by Gasteiger charge is -2.50. The van der Waals surface area contributed by atoms with E-state index in [0.29, 0.717) is 5.75 Å². The van der Waals surface area contributed by atoms with Gasteiger partial charge in [-0.15, -0.1) is 23.1 Å².